The van der Waals surface area contributed by atoms with Gasteiger partial charge in [-0.25, -0.2) is 0 Å². The third-order valence-corrected chi connectivity index (χ3v) is 8.40. The van der Waals surface area contributed by atoms with Crippen molar-refractivity contribution < 1.29 is 30.0 Å². The van der Waals surface area contributed by atoms with E-state index in [0.29, 0.717) is 18.4 Å². The molecule has 34 heavy (non-hydrogen) atoms. The van der Waals surface area contributed by atoms with E-state index in [1.165, 1.54) is 17.4 Å². The molecule has 9 heteroatoms. The summed E-state index contributed by atoms with van der Waals surface area (Å²) in [5, 5.41) is 46.4. The van der Waals surface area contributed by atoms with E-state index < -0.39 is 47.3 Å². The fourth-order valence-corrected chi connectivity index (χ4v) is 6.78. The molecular weight excluding hydrogens is 456 g/mol. The zero-order valence-electron chi connectivity index (χ0n) is 18.8. The van der Waals surface area contributed by atoms with Gasteiger partial charge >= 0.3 is 0 Å². The van der Waals surface area contributed by atoms with E-state index >= 15 is 0 Å². The summed E-state index contributed by atoms with van der Waals surface area (Å²) < 4.78 is 0. The van der Waals surface area contributed by atoms with Crippen molar-refractivity contribution in [1.29, 1.82) is 0 Å². The molecular formula is C25H26N2O6S. The van der Waals surface area contributed by atoms with Gasteiger partial charge in [-0.15, -0.1) is 11.3 Å². The Morgan fingerprint density at radius 1 is 1.21 bits per heavy atom. The molecule has 3 aliphatic rings. The Bertz CT molecular complexity index is 1280. The summed E-state index contributed by atoms with van der Waals surface area (Å²) in [7, 11) is 3.41. The smallest absolute Gasteiger partial charge is 0.248 e. The number of ketones is 1. The van der Waals surface area contributed by atoms with Gasteiger partial charge in [0.2, 0.25) is 5.91 Å². The second-order valence-electron chi connectivity index (χ2n) is 9.54. The maximum absolute atomic E-state index is 13.7. The van der Waals surface area contributed by atoms with E-state index in [4.69, 9.17) is 5.73 Å². The number of benzene rings is 1. The number of nitrogens with zero attached hydrogens (tertiary/aromatic N) is 1. The molecule has 6 N–H and O–H groups in total. The monoisotopic (exact) mass is 482 g/mol. The van der Waals surface area contributed by atoms with E-state index in [2.05, 4.69) is 0 Å². The molecule has 0 aliphatic heterocycles. The van der Waals surface area contributed by atoms with Crippen molar-refractivity contribution in [2.75, 3.05) is 14.1 Å². The average molecular weight is 483 g/mol. The highest BCUT2D eigenvalue weighted by molar-refractivity contribution is 7.13. The number of Topliss-reactive ketones (excluding diaryl/α,β-unsaturated/α-hetero) is 1. The first-order valence-electron chi connectivity index (χ1n) is 11.0. The van der Waals surface area contributed by atoms with Gasteiger partial charge in [0.15, 0.2) is 5.78 Å². The molecule has 4 atom stereocenters. The molecule has 1 amide bonds. The average Bonchev–Trinajstić information content (AvgIpc) is 3.29. The van der Waals surface area contributed by atoms with Gasteiger partial charge in [0.05, 0.1) is 17.2 Å². The summed E-state index contributed by atoms with van der Waals surface area (Å²) in [6.45, 7) is 0. The number of allylic oxidation sites excluding steroid dienone is 1. The van der Waals surface area contributed by atoms with Gasteiger partial charge in [0.25, 0.3) is 0 Å². The van der Waals surface area contributed by atoms with Crippen molar-refractivity contribution >= 4 is 23.0 Å². The van der Waals surface area contributed by atoms with E-state index in [9.17, 15) is 30.0 Å². The Kier molecular flexibility index (Phi) is 5.12. The summed E-state index contributed by atoms with van der Waals surface area (Å²) in [6, 6.07) is 6.34. The normalized spacial score (nSPS) is 28.6. The lowest BCUT2D eigenvalue weighted by molar-refractivity contribution is -0.118. The number of likely N-dealkylation sites (N-methyl/N-ethyl adjacent to an activating group) is 1. The van der Waals surface area contributed by atoms with Crippen LogP contribution in [0.2, 0.25) is 0 Å². The number of phenols is 1. The zero-order valence-corrected chi connectivity index (χ0v) is 19.6. The van der Waals surface area contributed by atoms with Gasteiger partial charge in [-0.05, 0) is 67.6 Å². The van der Waals surface area contributed by atoms with Crippen molar-refractivity contribution in [1.82, 2.24) is 4.90 Å². The molecule has 3 aliphatic carbocycles. The number of carbonyl (C=O) groups excluding carboxylic acids is 2. The highest BCUT2D eigenvalue weighted by Crippen LogP contribution is 2.54. The summed E-state index contributed by atoms with van der Waals surface area (Å²) in [5.41, 5.74) is 5.07. The Labute approximate surface area is 200 Å². The molecule has 4 unspecified atom stereocenters. The maximum Gasteiger partial charge on any atom is 0.248 e. The van der Waals surface area contributed by atoms with E-state index in [1.807, 2.05) is 17.5 Å². The van der Waals surface area contributed by atoms with Crippen LogP contribution in [-0.2, 0) is 11.2 Å². The molecule has 1 aromatic carbocycles. The molecule has 178 valence electrons. The summed E-state index contributed by atoms with van der Waals surface area (Å²) in [6.07, 6.45) is 0.272. The first kappa shape index (κ1) is 22.6. The van der Waals surface area contributed by atoms with Crippen molar-refractivity contribution in [3.63, 3.8) is 0 Å². The lowest BCUT2D eigenvalue weighted by Gasteiger charge is -2.51. The summed E-state index contributed by atoms with van der Waals surface area (Å²) >= 11 is 1.53. The summed E-state index contributed by atoms with van der Waals surface area (Å²) in [5.74, 6) is -3.46. The van der Waals surface area contributed by atoms with Gasteiger partial charge in [0.1, 0.15) is 22.9 Å². The maximum atomic E-state index is 13.7. The molecule has 1 heterocycles. The highest BCUT2D eigenvalue weighted by atomic mass is 32.1. The predicted octanol–water partition coefficient (Wildman–Crippen LogP) is 2.67. The summed E-state index contributed by atoms with van der Waals surface area (Å²) in [4.78, 5) is 28.3. The fraction of sp³-hybridized carbons (Fsp3) is 0.360. The van der Waals surface area contributed by atoms with Crippen LogP contribution in [0.4, 0.5) is 0 Å². The number of primary amides is 1. The van der Waals surface area contributed by atoms with Crippen LogP contribution < -0.4 is 5.73 Å². The Hall–Kier alpha value is -3.14. The van der Waals surface area contributed by atoms with Crippen LogP contribution >= 0.6 is 11.3 Å². The topological polar surface area (TPSA) is 144 Å². The predicted molar refractivity (Wildman–Crippen MR) is 127 cm³/mol. The van der Waals surface area contributed by atoms with Crippen molar-refractivity contribution in [3.05, 3.63) is 63.4 Å². The molecule has 0 saturated carbocycles. The molecule has 1 aromatic heterocycles. The largest absolute Gasteiger partial charge is 0.510 e. The number of hydrogen-bond donors (Lipinski definition) is 5. The Balaban J connectivity index is 1.70. The number of nitrogens with two attached hydrogens (primary N) is 1. The number of fused-ring (bicyclic) bond motifs is 3. The number of phenolic OH excluding ortho intramolecular Hbond substituents is 1. The molecule has 0 saturated heterocycles. The van der Waals surface area contributed by atoms with Crippen LogP contribution in [0, 0.1) is 11.8 Å². The fourth-order valence-electron chi connectivity index (χ4n) is 6.00. The lowest BCUT2D eigenvalue weighted by atomic mass is 9.59. The second kappa shape index (κ2) is 7.69. The van der Waals surface area contributed by atoms with Crippen molar-refractivity contribution in [2.45, 2.75) is 30.9 Å². The van der Waals surface area contributed by atoms with E-state index in [1.54, 1.807) is 25.1 Å². The third kappa shape index (κ3) is 3.04. The zero-order chi connectivity index (χ0) is 24.5. The van der Waals surface area contributed by atoms with Crippen LogP contribution in [0.1, 0.15) is 28.8 Å². The molecule has 5 rings (SSSR count). The quantitative estimate of drug-likeness (QED) is 0.452. The third-order valence-electron chi connectivity index (χ3n) is 7.50. The molecule has 8 nitrogen and oxygen atoms in total. The molecule has 0 bridgehead atoms. The number of carbonyl (C=O) groups is 2. The number of aliphatic hydroxyl groups excluding tert-OH is 2. The van der Waals surface area contributed by atoms with Crippen molar-refractivity contribution in [2.24, 2.45) is 17.6 Å². The number of aromatic hydroxyl groups is 1. The van der Waals surface area contributed by atoms with Crippen LogP contribution in [-0.4, -0.2) is 62.8 Å². The van der Waals surface area contributed by atoms with Gasteiger partial charge in [0, 0.05) is 22.8 Å². The molecule has 0 spiro atoms. The molecule has 0 fully saturated rings. The van der Waals surface area contributed by atoms with Crippen LogP contribution in [0.5, 0.6) is 5.75 Å². The van der Waals surface area contributed by atoms with Crippen LogP contribution in [0.3, 0.4) is 0 Å². The second-order valence-corrected chi connectivity index (χ2v) is 10.5. The number of amides is 1. The van der Waals surface area contributed by atoms with Gasteiger partial charge in [-0.2, -0.15) is 0 Å². The first-order chi connectivity index (χ1) is 16.1. The first-order valence-corrected chi connectivity index (χ1v) is 11.9. The van der Waals surface area contributed by atoms with E-state index in [0.717, 1.165) is 10.4 Å². The number of aliphatic hydroxyl groups is 3. The Morgan fingerprint density at radius 3 is 2.56 bits per heavy atom. The number of thiophene rings is 1. The number of rotatable bonds is 3. The lowest BCUT2D eigenvalue weighted by Crippen LogP contribution is -2.59. The van der Waals surface area contributed by atoms with Crippen LogP contribution in [0.15, 0.2) is 52.3 Å². The number of hydrogen-bond acceptors (Lipinski definition) is 8. The SMILES string of the molecule is CN(C)C1C(O)=C(C(N)=O)CC2(O)C(O)=C3C(=O)c4c(O)ccc(-c5cccs5)c4CC3CC12. The van der Waals surface area contributed by atoms with Crippen LogP contribution in [0.25, 0.3) is 10.4 Å². The highest BCUT2D eigenvalue weighted by Gasteiger charge is 2.58. The van der Waals surface area contributed by atoms with Gasteiger partial charge in [-0.1, -0.05) is 6.07 Å². The minimum Gasteiger partial charge on any atom is -0.510 e. The van der Waals surface area contributed by atoms with E-state index in [-0.39, 0.29) is 28.2 Å². The minimum absolute atomic E-state index is 0.0487. The minimum atomic E-state index is -1.95. The van der Waals surface area contributed by atoms with Gasteiger partial charge < -0.3 is 26.2 Å². The molecule has 0 radical (unpaired) electrons. The van der Waals surface area contributed by atoms with Gasteiger partial charge in [-0.3, -0.25) is 14.5 Å². The Morgan fingerprint density at radius 2 is 1.94 bits per heavy atom. The van der Waals surface area contributed by atoms with Crippen molar-refractivity contribution in [3.8, 4) is 16.2 Å². The standard InChI is InChI=1S/C25H26N2O6S/c1-27(2)20-15-9-11-8-13-12(17-4-3-7-34-17)5-6-16(28)19(13)22(30)18(11)23(31)25(15,33)10-14(21(20)29)24(26)32/h3-7,11,15,20,28-29,31,33H,8-10H2,1-2H3,(H2,26,32). The molecule has 2 aromatic rings.